The Balaban J connectivity index is 1.79. The van der Waals surface area contributed by atoms with Crippen molar-refractivity contribution in [1.29, 1.82) is 0 Å². The summed E-state index contributed by atoms with van der Waals surface area (Å²) >= 11 is 0. The number of ketones is 1. The Hall–Kier alpha value is -2.94. The first-order chi connectivity index (χ1) is 11.3. The van der Waals surface area contributed by atoms with Crippen molar-refractivity contribution in [2.45, 2.75) is 6.42 Å². The number of rotatable bonds is 6. The number of nitrogens with zero attached hydrogens (tertiary/aromatic N) is 2. The van der Waals surface area contributed by atoms with Gasteiger partial charge in [-0.05, 0) is 36.4 Å². The number of Topliss-reactive ketones (excluding diaryl/α,β-unsaturated/α-hetero) is 1. The average molecular weight is 302 g/mol. The number of pyridine rings is 1. The van der Waals surface area contributed by atoms with Gasteiger partial charge in [-0.25, -0.2) is 0 Å². The van der Waals surface area contributed by atoms with Crippen LogP contribution in [-0.2, 0) is 0 Å². The minimum absolute atomic E-state index is 0.0578. The van der Waals surface area contributed by atoms with Crippen LogP contribution < -0.4 is 4.90 Å². The Morgan fingerprint density at radius 3 is 1.87 bits per heavy atom. The number of benzene rings is 2. The van der Waals surface area contributed by atoms with Crippen LogP contribution >= 0.6 is 0 Å². The number of para-hydroxylation sites is 2. The maximum atomic E-state index is 12.3. The Bertz CT molecular complexity index is 703. The topological polar surface area (TPSA) is 33.2 Å². The summed E-state index contributed by atoms with van der Waals surface area (Å²) in [4.78, 5) is 18.6. The summed E-state index contributed by atoms with van der Waals surface area (Å²) in [5.74, 6) is 0.0578. The summed E-state index contributed by atoms with van der Waals surface area (Å²) < 4.78 is 0. The lowest BCUT2D eigenvalue weighted by atomic mass is 10.1. The normalized spacial score (nSPS) is 10.3. The van der Waals surface area contributed by atoms with Crippen molar-refractivity contribution >= 4 is 17.2 Å². The van der Waals surface area contributed by atoms with Crippen LogP contribution in [0.5, 0.6) is 0 Å². The van der Waals surface area contributed by atoms with Crippen LogP contribution in [0.25, 0.3) is 0 Å². The highest BCUT2D eigenvalue weighted by atomic mass is 16.1. The molecule has 0 atom stereocenters. The fourth-order valence-corrected chi connectivity index (χ4v) is 2.49. The van der Waals surface area contributed by atoms with Crippen molar-refractivity contribution in [3.8, 4) is 0 Å². The molecule has 0 spiro atoms. The quantitative estimate of drug-likeness (QED) is 0.629. The molecule has 3 aromatic rings. The van der Waals surface area contributed by atoms with Crippen molar-refractivity contribution in [1.82, 2.24) is 4.98 Å². The highest BCUT2D eigenvalue weighted by Gasteiger charge is 2.13. The van der Waals surface area contributed by atoms with E-state index in [0.29, 0.717) is 18.7 Å². The Morgan fingerprint density at radius 1 is 0.783 bits per heavy atom. The smallest absolute Gasteiger partial charge is 0.182 e. The summed E-state index contributed by atoms with van der Waals surface area (Å²) in [7, 11) is 0. The molecule has 0 unspecified atom stereocenters. The standard InChI is InChI=1S/C20H18N2O/c23-20(19-13-7-8-15-21-19)14-16-22(17-9-3-1-4-10-17)18-11-5-2-6-12-18/h1-13,15H,14,16H2. The van der Waals surface area contributed by atoms with Gasteiger partial charge in [0.1, 0.15) is 5.69 Å². The largest absolute Gasteiger partial charge is 0.341 e. The van der Waals surface area contributed by atoms with Gasteiger partial charge in [-0.1, -0.05) is 42.5 Å². The van der Waals surface area contributed by atoms with Gasteiger partial charge in [0.05, 0.1) is 0 Å². The summed E-state index contributed by atoms with van der Waals surface area (Å²) in [5, 5.41) is 0. The van der Waals surface area contributed by atoms with Gasteiger partial charge >= 0.3 is 0 Å². The van der Waals surface area contributed by atoms with Crippen molar-refractivity contribution in [2.24, 2.45) is 0 Å². The maximum absolute atomic E-state index is 12.3. The zero-order chi connectivity index (χ0) is 15.9. The highest BCUT2D eigenvalue weighted by Crippen LogP contribution is 2.25. The lowest BCUT2D eigenvalue weighted by Gasteiger charge is -2.24. The molecule has 114 valence electrons. The monoisotopic (exact) mass is 302 g/mol. The van der Waals surface area contributed by atoms with E-state index in [9.17, 15) is 4.79 Å². The van der Waals surface area contributed by atoms with Gasteiger partial charge in [0.15, 0.2) is 5.78 Å². The van der Waals surface area contributed by atoms with Gasteiger partial charge < -0.3 is 4.90 Å². The lowest BCUT2D eigenvalue weighted by Crippen LogP contribution is -2.21. The minimum Gasteiger partial charge on any atom is -0.341 e. The van der Waals surface area contributed by atoms with E-state index in [-0.39, 0.29) is 5.78 Å². The first-order valence-corrected chi connectivity index (χ1v) is 7.66. The van der Waals surface area contributed by atoms with Gasteiger partial charge in [0, 0.05) is 30.5 Å². The second kappa shape index (κ2) is 7.36. The first-order valence-electron chi connectivity index (χ1n) is 7.66. The molecule has 0 aliphatic heterocycles. The Labute approximate surface area is 136 Å². The van der Waals surface area contributed by atoms with Crippen LogP contribution in [0, 0.1) is 0 Å². The van der Waals surface area contributed by atoms with Crippen molar-refractivity contribution in [2.75, 3.05) is 11.4 Å². The van der Waals surface area contributed by atoms with Gasteiger partial charge in [0.25, 0.3) is 0 Å². The third kappa shape index (κ3) is 3.83. The third-order valence-electron chi connectivity index (χ3n) is 3.65. The fourth-order valence-electron chi connectivity index (χ4n) is 2.49. The summed E-state index contributed by atoms with van der Waals surface area (Å²) in [6.07, 6.45) is 2.07. The van der Waals surface area contributed by atoms with Crippen LogP contribution in [-0.4, -0.2) is 17.3 Å². The Kier molecular flexibility index (Phi) is 4.79. The van der Waals surface area contributed by atoms with E-state index in [0.717, 1.165) is 11.4 Å². The highest BCUT2D eigenvalue weighted by molar-refractivity contribution is 5.94. The molecule has 0 fully saturated rings. The molecule has 0 saturated heterocycles. The predicted octanol–water partition coefficient (Wildman–Crippen LogP) is 4.49. The van der Waals surface area contributed by atoms with E-state index in [1.54, 1.807) is 12.3 Å². The molecule has 0 aliphatic carbocycles. The number of carbonyl (C=O) groups is 1. The maximum Gasteiger partial charge on any atom is 0.182 e. The van der Waals surface area contributed by atoms with Crippen LogP contribution in [0.2, 0.25) is 0 Å². The molecule has 0 N–H and O–H groups in total. The molecular weight excluding hydrogens is 284 g/mol. The SMILES string of the molecule is O=C(CCN(c1ccccc1)c1ccccc1)c1ccccn1. The van der Waals surface area contributed by atoms with Crippen molar-refractivity contribution < 1.29 is 4.79 Å². The number of aromatic nitrogens is 1. The molecular formula is C20H18N2O. The minimum atomic E-state index is 0.0578. The summed E-state index contributed by atoms with van der Waals surface area (Å²) in [5.41, 5.74) is 2.67. The van der Waals surface area contributed by atoms with E-state index in [1.165, 1.54) is 0 Å². The third-order valence-corrected chi connectivity index (χ3v) is 3.65. The van der Waals surface area contributed by atoms with E-state index < -0.39 is 0 Å². The van der Waals surface area contributed by atoms with E-state index in [1.807, 2.05) is 48.5 Å². The molecule has 0 radical (unpaired) electrons. The number of anilines is 2. The first kappa shape index (κ1) is 15.0. The second-order valence-electron chi connectivity index (χ2n) is 5.21. The second-order valence-corrected chi connectivity index (χ2v) is 5.21. The van der Waals surface area contributed by atoms with Crippen LogP contribution in [0.1, 0.15) is 16.9 Å². The van der Waals surface area contributed by atoms with E-state index in [4.69, 9.17) is 0 Å². The molecule has 1 aromatic heterocycles. The molecule has 0 amide bonds. The van der Waals surface area contributed by atoms with Crippen molar-refractivity contribution in [3.63, 3.8) is 0 Å². The number of hydrogen-bond donors (Lipinski definition) is 0. The molecule has 1 heterocycles. The zero-order valence-corrected chi connectivity index (χ0v) is 12.8. The Morgan fingerprint density at radius 2 is 1.35 bits per heavy atom. The van der Waals surface area contributed by atoms with Crippen LogP contribution in [0.15, 0.2) is 85.1 Å². The molecule has 0 aliphatic rings. The molecule has 3 rings (SSSR count). The van der Waals surface area contributed by atoms with Crippen molar-refractivity contribution in [3.05, 3.63) is 90.8 Å². The molecule has 3 nitrogen and oxygen atoms in total. The molecule has 0 saturated carbocycles. The predicted molar refractivity (Wildman–Crippen MR) is 93.1 cm³/mol. The summed E-state index contributed by atoms with van der Waals surface area (Å²) in [6, 6.07) is 25.6. The van der Waals surface area contributed by atoms with Gasteiger partial charge in [-0.2, -0.15) is 0 Å². The van der Waals surface area contributed by atoms with Gasteiger partial charge in [0.2, 0.25) is 0 Å². The zero-order valence-electron chi connectivity index (χ0n) is 12.8. The summed E-state index contributed by atoms with van der Waals surface area (Å²) in [6.45, 7) is 0.615. The number of carbonyl (C=O) groups excluding carboxylic acids is 1. The van der Waals surface area contributed by atoms with Gasteiger partial charge in [-0.3, -0.25) is 9.78 Å². The average Bonchev–Trinajstić information content (AvgIpc) is 2.64. The van der Waals surface area contributed by atoms with Gasteiger partial charge in [-0.15, -0.1) is 0 Å². The molecule has 23 heavy (non-hydrogen) atoms. The fraction of sp³-hybridized carbons (Fsp3) is 0.100. The van der Waals surface area contributed by atoms with Crippen LogP contribution in [0.3, 0.4) is 0 Å². The van der Waals surface area contributed by atoms with E-state index >= 15 is 0 Å². The van der Waals surface area contributed by atoms with E-state index in [2.05, 4.69) is 34.1 Å². The molecule has 0 bridgehead atoms. The van der Waals surface area contributed by atoms with Crippen LogP contribution in [0.4, 0.5) is 11.4 Å². The molecule has 2 aromatic carbocycles. The number of hydrogen-bond acceptors (Lipinski definition) is 3. The lowest BCUT2D eigenvalue weighted by molar-refractivity contribution is 0.0980. The molecule has 3 heteroatoms.